The minimum absolute atomic E-state index is 1.11. The first kappa shape index (κ1) is 30.0. The molecule has 0 radical (unpaired) electrons. The molecule has 1 heterocycles. The van der Waals surface area contributed by atoms with Crippen LogP contribution in [0.2, 0.25) is 0 Å². The van der Waals surface area contributed by atoms with Crippen LogP contribution < -0.4 is 4.90 Å². The van der Waals surface area contributed by atoms with Gasteiger partial charge in [0.15, 0.2) is 0 Å². The fraction of sp³-hybridized carbons (Fsp3) is 0. The SMILES string of the molecule is c1ccc(-c2ccc(N(c3ccc(-c4ccc(-n5c6ccccc6c6c7ccccc7ccc65)cc4)cc3)c3ccc4ccccc4c3)cc2)cc1. The molecule has 0 bridgehead atoms. The molecule has 0 unspecified atom stereocenters. The molecule has 2 nitrogen and oxygen atoms in total. The van der Waals surface area contributed by atoms with E-state index in [0.717, 1.165) is 22.7 Å². The van der Waals surface area contributed by atoms with Crippen molar-refractivity contribution in [3.05, 3.63) is 206 Å². The van der Waals surface area contributed by atoms with Crippen LogP contribution in [-0.4, -0.2) is 4.57 Å². The molecule has 0 aliphatic rings. The lowest BCUT2D eigenvalue weighted by molar-refractivity contribution is 1.18. The number of hydrogen-bond acceptors (Lipinski definition) is 1. The van der Waals surface area contributed by atoms with Crippen molar-refractivity contribution in [3.63, 3.8) is 0 Å². The van der Waals surface area contributed by atoms with Crippen LogP contribution in [0.15, 0.2) is 206 Å². The first-order valence-corrected chi connectivity index (χ1v) is 17.8. The van der Waals surface area contributed by atoms with Crippen LogP contribution in [0.4, 0.5) is 17.1 Å². The Balaban J connectivity index is 1.02. The number of hydrogen-bond donors (Lipinski definition) is 0. The van der Waals surface area contributed by atoms with Crippen LogP contribution in [0.25, 0.3) is 71.3 Å². The molecule has 0 saturated heterocycles. The monoisotopic (exact) mass is 662 g/mol. The maximum atomic E-state index is 2.40. The molecular formula is C50H34N2. The standard InChI is InChI=1S/C50H34N2/c1-2-10-35(11-3-1)37-18-26-42(27-19-37)51(45-32-24-36-12-4-5-14-41(36)34-45)43-28-20-38(21-29-43)39-22-30-44(31-23-39)52-48-17-9-8-16-47(48)50-46-15-7-6-13-40(46)25-33-49(50)52/h1-34H. The van der Waals surface area contributed by atoms with E-state index in [4.69, 9.17) is 0 Å². The highest BCUT2D eigenvalue weighted by Crippen LogP contribution is 2.39. The minimum atomic E-state index is 1.11. The van der Waals surface area contributed by atoms with Gasteiger partial charge in [0.2, 0.25) is 0 Å². The van der Waals surface area contributed by atoms with Gasteiger partial charge in [-0.25, -0.2) is 0 Å². The molecule has 10 aromatic rings. The highest BCUT2D eigenvalue weighted by atomic mass is 15.1. The number of fused-ring (bicyclic) bond motifs is 6. The van der Waals surface area contributed by atoms with Crippen molar-refractivity contribution in [2.24, 2.45) is 0 Å². The van der Waals surface area contributed by atoms with Gasteiger partial charge in [0, 0.05) is 33.5 Å². The van der Waals surface area contributed by atoms with Crippen LogP contribution in [0.3, 0.4) is 0 Å². The molecule has 0 atom stereocenters. The third-order valence-corrected chi connectivity index (χ3v) is 10.4. The summed E-state index contributed by atoms with van der Waals surface area (Å²) in [5, 5.41) is 7.59. The van der Waals surface area contributed by atoms with Crippen molar-refractivity contribution in [1.82, 2.24) is 4.57 Å². The van der Waals surface area contributed by atoms with Gasteiger partial charge in [-0.15, -0.1) is 0 Å². The molecule has 0 N–H and O–H groups in total. The Morgan fingerprint density at radius 2 is 0.808 bits per heavy atom. The van der Waals surface area contributed by atoms with E-state index >= 15 is 0 Å². The molecule has 0 aliphatic carbocycles. The Bertz CT molecular complexity index is 2870. The summed E-state index contributed by atoms with van der Waals surface area (Å²) < 4.78 is 2.40. The second kappa shape index (κ2) is 12.5. The van der Waals surface area contributed by atoms with Crippen LogP contribution in [0.5, 0.6) is 0 Å². The van der Waals surface area contributed by atoms with Gasteiger partial charge in [-0.2, -0.15) is 0 Å². The second-order valence-electron chi connectivity index (χ2n) is 13.4. The average molecular weight is 663 g/mol. The maximum absolute atomic E-state index is 2.40. The molecular weight excluding hydrogens is 629 g/mol. The van der Waals surface area contributed by atoms with Crippen LogP contribution >= 0.6 is 0 Å². The zero-order chi connectivity index (χ0) is 34.4. The molecule has 0 fully saturated rings. The summed E-state index contributed by atoms with van der Waals surface area (Å²) >= 11 is 0. The first-order chi connectivity index (χ1) is 25.8. The Labute approximate surface area is 303 Å². The summed E-state index contributed by atoms with van der Waals surface area (Å²) in [4.78, 5) is 2.35. The van der Waals surface area contributed by atoms with E-state index in [9.17, 15) is 0 Å². The number of anilines is 3. The highest BCUT2D eigenvalue weighted by molar-refractivity contribution is 6.21. The third kappa shape index (κ3) is 5.12. The predicted molar refractivity (Wildman–Crippen MR) is 221 cm³/mol. The average Bonchev–Trinajstić information content (AvgIpc) is 3.57. The molecule has 0 spiro atoms. The van der Waals surface area contributed by atoms with Gasteiger partial charge >= 0.3 is 0 Å². The van der Waals surface area contributed by atoms with Crippen molar-refractivity contribution in [2.75, 3.05) is 4.90 Å². The smallest absolute Gasteiger partial charge is 0.0547 e. The van der Waals surface area contributed by atoms with E-state index in [-0.39, 0.29) is 0 Å². The fourth-order valence-electron chi connectivity index (χ4n) is 7.82. The van der Waals surface area contributed by atoms with Gasteiger partial charge in [-0.3, -0.25) is 0 Å². The first-order valence-electron chi connectivity index (χ1n) is 17.8. The van der Waals surface area contributed by atoms with Crippen LogP contribution in [0.1, 0.15) is 0 Å². The molecule has 244 valence electrons. The Morgan fingerprint density at radius 1 is 0.308 bits per heavy atom. The summed E-state index contributed by atoms with van der Waals surface area (Å²) in [6.07, 6.45) is 0. The lowest BCUT2D eigenvalue weighted by atomic mass is 10.0. The van der Waals surface area contributed by atoms with Crippen molar-refractivity contribution < 1.29 is 0 Å². The number of rotatable bonds is 6. The highest BCUT2D eigenvalue weighted by Gasteiger charge is 2.16. The number of nitrogens with zero attached hydrogens (tertiary/aromatic N) is 2. The van der Waals surface area contributed by atoms with Gasteiger partial charge < -0.3 is 9.47 Å². The second-order valence-corrected chi connectivity index (χ2v) is 13.4. The molecule has 0 amide bonds. The van der Waals surface area contributed by atoms with E-state index in [0.29, 0.717) is 0 Å². The molecule has 9 aromatic carbocycles. The molecule has 2 heteroatoms. The number of aromatic nitrogens is 1. The third-order valence-electron chi connectivity index (χ3n) is 10.4. The summed E-state index contributed by atoms with van der Waals surface area (Å²) in [5.74, 6) is 0. The van der Waals surface area contributed by atoms with Gasteiger partial charge in [0.1, 0.15) is 0 Å². The summed E-state index contributed by atoms with van der Waals surface area (Å²) in [5.41, 5.74) is 11.7. The Morgan fingerprint density at radius 3 is 1.50 bits per heavy atom. The predicted octanol–water partition coefficient (Wildman–Crippen LogP) is 13.9. The lowest BCUT2D eigenvalue weighted by Gasteiger charge is -2.26. The Kier molecular flexibility index (Phi) is 7.18. The fourth-order valence-corrected chi connectivity index (χ4v) is 7.82. The normalized spacial score (nSPS) is 11.5. The quantitative estimate of drug-likeness (QED) is 0.172. The van der Waals surface area contributed by atoms with Gasteiger partial charge in [0.05, 0.1) is 11.0 Å². The molecule has 10 rings (SSSR count). The Hall–Kier alpha value is -6.90. The van der Waals surface area contributed by atoms with E-state index in [1.54, 1.807) is 0 Å². The molecule has 52 heavy (non-hydrogen) atoms. The zero-order valence-corrected chi connectivity index (χ0v) is 28.5. The van der Waals surface area contributed by atoms with Crippen molar-refractivity contribution in [3.8, 4) is 27.9 Å². The van der Waals surface area contributed by atoms with E-state index in [1.807, 2.05) is 0 Å². The van der Waals surface area contributed by atoms with Crippen molar-refractivity contribution in [2.45, 2.75) is 0 Å². The zero-order valence-electron chi connectivity index (χ0n) is 28.5. The molecule has 0 aliphatic heterocycles. The van der Waals surface area contributed by atoms with Crippen LogP contribution in [0, 0.1) is 0 Å². The van der Waals surface area contributed by atoms with E-state index in [1.165, 1.54) is 65.6 Å². The van der Waals surface area contributed by atoms with Gasteiger partial charge in [-0.1, -0.05) is 146 Å². The van der Waals surface area contributed by atoms with Crippen molar-refractivity contribution in [1.29, 1.82) is 0 Å². The van der Waals surface area contributed by atoms with E-state index in [2.05, 4.69) is 216 Å². The maximum Gasteiger partial charge on any atom is 0.0547 e. The van der Waals surface area contributed by atoms with E-state index < -0.39 is 0 Å². The largest absolute Gasteiger partial charge is 0.310 e. The minimum Gasteiger partial charge on any atom is -0.310 e. The van der Waals surface area contributed by atoms with Gasteiger partial charge in [0.25, 0.3) is 0 Å². The number of benzene rings is 9. The summed E-state index contributed by atoms with van der Waals surface area (Å²) in [6, 6.07) is 74.6. The summed E-state index contributed by atoms with van der Waals surface area (Å²) in [7, 11) is 0. The summed E-state index contributed by atoms with van der Waals surface area (Å²) in [6.45, 7) is 0. The molecule has 1 aromatic heterocycles. The van der Waals surface area contributed by atoms with Gasteiger partial charge in [-0.05, 0) is 104 Å². The van der Waals surface area contributed by atoms with Crippen molar-refractivity contribution >= 4 is 60.4 Å². The topological polar surface area (TPSA) is 8.17 Å². The molecule has 0 saturated carbocycles. The lowest BCUT2D eigenvalue weighted by Crippen LogP contribution is -2.09. The van der Waals surface area contributed by atoms with Crippen LogP contribution in [-0.2, 0) is 0 Å². The number of para-hydroxylation sites is 1.